The maximum atomic E-state index is 13.2. The lowest BCUT2D eigenvalue weighted by Crippen LogP contribution is -2.47. The molecule has 1 aliphatic rings. The first-order valence-electron chi connectivity index (χ1n) is 12.0. The first-order chi connectivity index (χ1) is 17.6. The topological polar surface area (TPSA) is 88.5 Å². The van der Waals surface area contributed by atoms with Gasteiger partial charge in [0.1, 0.15) is 11.6 Å². The number of piperazine rings is 1. The molecule has 0 unspecified atom stereocenters. The Hall–Kier alpha value is -4.34. The normalized spacial score (nSPS) is 14.1. The Labute approximate surface area is 207 Å². The zero-order valence-electron chi connectivity index (χ0n) is 19.9. The van der Waals surface area contributed by atoms with E-state index in [0.29, 0.717) is 30.2 Å². The van der Waals surface area contributed by atoms with Crippen LogP contribution in [0.1, 0.15) is 17.3 Å². The lowest BCUT2D eigenvalue weighted by molar-refractivity contribution is 0.377. The van der Waals surface area contributed by atoms with Gasteiger partial charge >= 0.3 is 0 Å². The van der Waals surface area contributed by atoms with Crippen molar-refractivity contribution in [2.45, 2.75) is 19.8 Å². The SMILES string of the molecule is Cc1ccccc1-c1noc(CCc2nnc3ccc(N4CCN(c5ccc(F)cc5)CC4)nn23)n1. The lowest BCUT2D eigenvalue weighted by atomic mass is 10.1. The minimum Gasteiger partial charge on any atom is -0.368 e. The van der Waals surface area contributed by atoms with Crippen molar-refractivity contribution >= 4 is 17.2 Å². The van der Waals surface area contributed by atoms with Crippen LogP contribution in [-0.4, -0.2) is 56.1 Å². The number of halogens is 1. The van der Waals surface area contributed by atoms with Crippen LogP contribution in [0.4, 0.5) is 15.9 Å². The predicted molar refractivity (Wildman–Crippen MR) is 133 cm³/mol. The van der Waals surface area contributed by atoms with Gasteiger partial charge in [-0.2, -0.15) is 9.50 Å². The molecule has 1 saturated heterocycles. The van der Waals surface area contributed by atoms with Crippen molar-refractivity contribution in [3.63, 3.8) is 0 Å². The van der Waals surface area contributed by atoms with Crippen molar-refractivity contribution < 1.29 is 8.91 Å². The van der Waals surface area contributed by atoms with Crippen molar-refractivity contribution in [2.24, 2.45) is 0 Å². The quantitative estimate of drug-likeness (QED) is 0.360. The van der Waals surface area contributed by atoms with Gasteiger partial charge in [-0.3, -0.25) is 0 Å². The Morgan fingerprint density at radius 1 is 0.861 bits per heavy atom. The highest BCUT2D eigenvalue weighted by atomic mass is 19.1. The molecule has 3 aromatic heterocycles. The molecule has 0 radical (unpaired) electrons. The third-order valence-corrected chi connectivity index (χ3v) is 6.53. The van der Waals surface area contributed by atoms with Crippen LogP contribution in [0.5, 0.6) is 0 Å². The molecule has 0 atom stereocenters. The second-order valence-electron chi connectivity index (χ2n) is 8.85. The molecule has 1 aliphatic heterocycles. The molecule has 9 nitrogen and oxygen atoms in total. The van der Waals surface area contributed by atoms with Crippen molar-refractivity contribution in [1.82, 2.24) is 30.0 Å². The summed E-state index contributed by atoms with van der Waals surface area (Å²) in [6, 6.07) is 18.5. The summed E-state index contributed by atoms with van der Waals surface area (Å²) in [7, 11) is 0. The van der Waals surface area contributed by atoms with Crippen molar-refractivity contribution in [2.75, 3.05) is 36.0 Å². The highest BCUT2D eigenvalue weighted by Crippen LogP contribution is 2.22. The van der Waals surface area contributed by atoms with Gasteiger partial charge in [0.05, 0.1) is 0 Å². The molecule has 0 saturated carbocycles. The number of hydrogen-bond donors (Lipinski definition) is 0. The number of anilines is 2. The third-order valence-electron chi connectivity index (χ3n) is 6.53. The average molecular weight is 485 g/mol. The first kappa shape index (κ1) is 22.1. The van der Waals surface area contributed by atoms with Crippen LogP contribution >= 0.6 is 0 Å². The van der Waals surface area contributed by atoms with Crippen LogP contribution in [0.3, 0.4) is 0 Å². The van der Waals surface area contributed by atoms with E-state index >= 15 is 0 Å². The van der Waals surface area contributed by atoms with Gasteiger partial charge in [-0.25, -0.2) is 4.39 Å². The van der Waals surface area contributed by atoms with E-state index in [4.69, 9.17) is 9.62 Å². The second-order valence-corrected chi connectivity index (χ2v) is 8.85. The zero-order chi connectivity index (χ0) is 24.5. The fraction of sp³-hybridized carbons (Fsp3) is 0.269. The van der Waals surface area contributed by atoms with Crippen LogP contribution < -0.4 is 9.80 Å². The van der Waals surface area contributed by atoms with Crippen LogP contribution in [0, 0.1) is 12.7 Å². The van der Waals surface area contributed by atoms with Gasteiger partial charge in [-0.1, -0.05) is 29.4 Å². The zero-order valence-corrected chi connectivity index (χ0v) is 19.9. The summed E-state index contributed by atoms with van der Waals surface area (Å²) < 4.78 is 20.5. The Bertz CT molecular complexity index is 1490. The van der Waals surface area contributed by atoms with E-state index in [1.54, 1.807) is 4.52 Å². The summed E-state index contributed by atoms with van der Waals surface area (Å²) in [6.45, 7) is 5.33. The van der Waals surface area contributed by atoms with E-state index in [-0.39, 0.29) is 5.82 Å². The highest BCUT2D eigenvalue weighted by molar-refractivity contribution is 5.59. The summed E-state index contributed by atoms with van der Waals surface area (Å²) in [5.41, 5.74) is 3.80. The van der Waals surface area contributed by atoms with E-state index in [1.807, 2.05) is 55.5 Å². The van der Waals surface area contributed by atoms with Crippen LogP contribution in [0.15, 0.2) is 65.2 Å². The summed E-state index contributed by atoms with van der Waals surface area (Å²) in [5.74, 6) is 2.55. The molecule has 6 rings (SSSR count). The van der Waals surface area contributed by atoms with Crippen LogP contribution in [0.2, 0.25) is 0 Å². The van der Waals surface area contributed by atoms with E-state index in [9.17, 15) is 4.39 Å². The Morgan fingerprint density at radius 3 is 2.44 bits per heavy atom. The monoisotopic (exact) mass is 484 g/mol. The van der Waals surface area contributed by atoms with Gasteiger partial charge in [0, 0.05) is 50.3 Å². The molecular formula is C26H25FN8O. The fourth-order valence-electron chi connectivity index (χ4n) is 4.50. The summed E-state index contributed by atoms with van der Waals surface area (Å²) >= 11 is 0. The van der Waals surface area contributed by atoms with Gasteiger partial charge in [0.25, 0.3) is 0 Å². The molecule has 0 bridgehead atoms. The van der Waals surface area contributed by atoms with Crippen LogP contribution in [-0.2, 0) is 12.8 Å². The van der Waals surface area contributed by atoms with E-state index < -0.39 is 0 Å². The molecule has 10 heteroatoms. The number of rotatable bonds is 6. The number of nitrogens with zero attached hydrogens (tertiary/aromatic N) is 8. The molecule has 0 spiro atoms. The molecule has 5 aromatic rings. The molecule has 182 valence electrons. The first-order valence-corrected chi connectivity index (χ1v) is 12.0. The van der Waals surface area contributed by atoms with Gasteiger partial charge in [0.2, 0.25) is 11.7 Å². The Morgan fingerprint density at radius 2 is 1.64 bits per heavy atom. The van der Waals surface area contributed by atoms with Gasteiger partial charge in [-0.15, -0.1) is 15.3 Å². The summed E-state index contributed by atoms with van der Waals surface area (Å²) in [4.78, 5) is 9.06. The predicted octanol–water partition coefficient (Wildman–Crippen LogP) is 3.73. The molecular weight excluding hydrogens is 459 g/mol. The van der Waals surface area contributed by atoms with Crippen molar-refractivity contribution in [1.29, 1.82) is 0 Å². The third kappa shape index (κ3) is 4.37. The van der Waals surface area contributed by atoms with E-state index in [0.717, 1.165) is 54.6 Å². The standard InChI is InChI=1S/C26H25FN8O/c1-18-4-2-3-5-21(18)26-28-25(36-32-26)13-12-23-30-29-22-10-11-24(31-35(22)23)34-16-14-33(15-17-34)20-8-6-19(27)7-9-20/h2-11H,12-17H2,1H3. The molecule has 2 aromatic carbocycles. The van der Waals surface area contributed by atoms with Crippen molar-refractivity contribution in [3.05, 3.63) is 83.8 Å². The molecule has 1 fully saturated rings. The average Bonchev–Trinajstić information content (AvgIpc) is 3.55. The van der Waals surface area contributed by atoms with Crippen LogP contribution in [0.25, 0.3) is 17.0 Å². The summed E-state index contributed by atoms with van der Waals surface area (Å²) in [5, 5.41) is 17.6. The Kier molecular flexibility index (Phi) is 5.76. The maximum absolute atomic E-state index is 13.2. The largest absolute Gasteiger partial charge is 0.368 e. The molecule has 0 N–H and O–H groups in total. The molecule has 0 amide bonds. The second kappa shape index (κ2) is 9.37. The number of aryl methyl sites for hydroxylation is 3. The summed E-state index contributed by atoms with van der Waals surface area (Å²) in [6.07, 6.45) is 1.12. The van der Waals surface area contributed by atoms with Crippen molar-refractivity contribution in [3.8, 4) is 11.4 Å². The lowest BCUT2D eigenvalue weighted by Gasteiger charge is -2.36. The van der Waals surface area contributed by atoms with Gasteiger partial charge in [-0.05, 0) is 48.9 Å². The van der Waals surface area contributed by atoms with E-state index in [2.05, 4.69) is 30.1 Å². The number of aromatic nitrogens is 6. The smallest absolute Gasteiger partial charge is 0.227 e. The molecule has 4 heterocycles. The highest BCUT2D eigenvalue weighted by Gasteiger charge is 2.20. The number of benzene rings is 2. The number of hydrogen-bond acceptors (Lipinski definition) is 8. The van der Waals surface area contributed by atoms with Gasteiger partial charge in [0.15, 0.2) is 11.5 Å². The molecule has 36 heavy (non-hydrogen) atoms. The fourth-order valence-corrected chi connectivity index (χ4v) is 4.50. The van der Waals surface area contributed by atoms with Gasteiger partial charge < -0.3 is 14.3 Å². The minimum atomic E-state index is -0.217. The minimum absolute atomic E-state index is 0.217. The molecule has 0 aliphatic carbocycles. The number of fused-ring (bicyclic) bond motifs is 1. The van der Waals surface area contributed by atoms with E-state index in [1.165, 1.54) is 12.1 Å². The Balaban J connectivity index is 1.13. The maximum Gasteiger partial charge on any atom is 0.227 e.